The number of hydrogen-bond acceptors (Lipinski definition) is 2. The van der Waals surface area contributed by atoms with Gasteiger partial charge < -0.3 is 11.1 Å². The molecule has 18 heavy (non-hydrogen) atoms. The van der Waals surface area contributed by atoms with E-state index in [9.17, 15) is 0 Å². The van der Waals surface area contributed by atoms with E-state index in [2.05, 4.69) is 44.3 Å². The predicted octanol–water partition coefficient (Wildman–Crippen LogP) is 2.99. The monoisotopic (exact) mass is 248 g/mol. The van der Waals surface area contributed by atoms with Crippen molar-refractivity contribution in [3.8, 4) is 0 Å². The molecule has 1 rings (SSSR count). The number of hydrogen-bond donors (Lipinski definition) is 2. The van der Waals surface area contributed by atoms with Crippen molar-refractivity contribution in [1.82, 2.24) is 5.32 Å². The Morgan fingerprint density at radius 2 is 1.94 bits per heavy atom. The molecule has 0 spiro atoms. The predicted molar refractivity (Wildman–Crippen MR) is 80.1 cm³/mol. The molecular formula is C16H28N2. The second-order valence-electron chi connectivity index (χ2n) is 5.34. The summed E-state index contributed by atoms with van der Waals surface area (Å²) in [7, 11) is 0. The van der Waals surface area contributed by atoms with Crippen LogP contribution in [0.2, 0.25) is 0 Å². The molecule has 102 valence electrons. The molecule has 0 heterocycles. The maximum absolute atomic E-state index is 5.47. The molecule has 0 bridgehead atoms. The lowest BCUT2D eigenvalue weighted by atomic mass is 9.96. The Kier molecular flexibility index (Phi) is 6.99. The summed E-state index contributed by atoms with van der Waals surface area (Å²) in [5.41, 5.74) is 9.80. The van der Waals surface area contributed by atoms with Crippen LogP contribution in [-0.4, -0.2) is 19.6 Å². The molecule has 3 N–H and O–H groups in total. The van der Waals surface area contributed by atoms with E-state index in [4.69, 9.17) is 5.73 Å². The average Bonchev–Trinajstić information content (AvgIpc) is 2.35. The molecule has 0 fully saturated rings. The minimum atomic E-state index is 0.613. The van der Waals surface area contributed by atoms with Crippen molar-refractivity contribution in [3.05, 3.63) is 34.9 Å². The van der Waals surface area contributed by atoms with Crippen molar-refractivity contribution in [2.24, 2.45) is 5.73 Å². The van der Waals surface area contributed by atoms with Gasteiger partial charge in [0.15, 0.2) is 0 Å². The third kappa shape index (κ3) is 5.19. The van der Waals surface area contributed by atoms with Gasteiger partial charge in [-0.25, -0.2) is 0 Å². The minimum absolute atomic E-state index is 0.613. The van der Waals surface area contributed by atoms with Crippen LogP contribution in [0.1, 0.15) is 49.3 Å². The van der Waals surface area contributed by atoms with Crippen molar-refractivity contribution in [2.75, 3.05) is 19.6 Å². The third-order valence-electron chi connectivity index (χ3n) is 3.42. The Labute approximate surface area is 112 Å². The van der Waals surface area contributed by atoms with Gasteiger partial charge in [-0.3, -0.25) is 0 Å². The standard InChI is InChI=1S/C16H28N2/c1-13(2)15-7-6-14(3)16(12-15)8-11-18-10-5-4-9-17/h6-7,12-13,18H,4-5,8-11,17H2,1-3H3. The first-order chi connectivity index (χ1) is 8.65. The van der Waals surface area contributed by atoms with Crippen LogP contribution in [0.5, 0.6) is 0 Å². The Bertz CT molecular complexity index is 345. The molecule has 0 unspecified atom stereocenters. The first-order valence-electron chi connectivity index (χ1n) is 7.15. The van der Waals surface area contributed by atoms with E-state index >= 15 is 0 Å². The number of nitrogens with one attached hydrogen (secondary N) is 1. The highest BCUT2D eigenvalue weighted by Crippen LogP contribution is 2.18. The fourth-order valence-electron chi connectivity index (χ4n) is 2.06. The molecule has 0 aromatic heterocycles. The van der Waals surface area contributed by atoms with Gasteiger partial charge in [0.25, 0.3) is 0 Å². The fourth-order valence-corrected chi connectivity index (χ4v) is 2.06. The normalized spacial score (nSPS) is 11.2. The van der Waals surface area contributed by atoms with Crippen LogP contribution in [0.15, 0.2) is 18.2 Å². The summed E-state index contributed by atoms with van der Waals surface area (Å²) in [5, 5.41) is 3.49. The van der Waals surface area contributed by atoms with Crippen LogP contribution in [-0.2, 0) is 6.42 Å². The lowest BCUT2D eigenvalue weighted by Gasteiger charge is -2.12. The largest absolute Gasteiger partial charge is 0.330 e. The zero-order valence-electron chi connectivity index (χ0n) is 12.1. The van der Waals surface area contributed by atoms with Crippen LogP contribution in [0.25, 0.3) is 0 Å². The van der Waals surface area contributed by atoms with Gasteiger partial charge in [-0.05, 0) is 68.4 Å². The van der Waals surface area contributed by atoms with Crippen molar-refractivity contribution in [1.29, 1.82) is 0 Å². The maximum atomic E-state index is 5.47. The van der Waals surface area contributed by atoms with Gasteiger partial charge >= 0.3 is 0 Å². The lowest BCUT2D eigenvalue weighted by Crippen LogP contribution is -2.19. The molecule has 0 saturated carbocycles. The summed E-state index contributed by atoms with van der Waals surface area (Å²) in [6.07, 6.45) is 3.42. The van der Waals surface area contributed by atoms with Crippen LogP contribution < -0.4 is 11.1 Å². The van der Waals surface area contributed by atoms with E-state index in [1.807, 2.05) is 0 Å². The Balaban J connectivity index is 2.39. The summed E-state index contributed by atoms with van der Waals surface area (Å²) < 4.78 is 0. The van der Waals surface area contributed by atoms with Gasteiger partial charge in [0.05, 0.1) is 0 Å². The van der Waals surface area contributed by atoms with E-state index in [-0.39, 0.29) is 0 Å². The molecule has 1 aromatic rings. The molecule has 2 heteroatoms. The highest BCUT2D eigenvalue weighted by atomic mass is 14.8. The number of aryl methyl sites for hydroxylation is 1. The van der Waals surface area contributed by atoms with Gasteiger partial charge in [0.2, 0.25) is 0 Å². The molecule has 0 aliphatic heterocycles. The molecule has 0 aliphatic carbocycles. The van der Waals surface area contributed by atoms with Crippen molar-refractivity contribution in [3.63, 3.8) is 0 Å². The third-order valence-corrected chi connectivity index (χ3v) is 3.42. The number of unbranched alkanes of at least 4 members (excludes halogenated alkanes) is 1. The fraction of sp³-hybridized carbons (Fsp3) is 0.625. The molecule has 0 aliphatic rings. The summed E-state index contributed by atoms with van der Waals surface area (Å²) in [4.78, 5) is 0. The second kappa shape index (κ2) is 8.28. The first-order valence-corrected chi connectivity index (χ1v) is 7.15. The second-order valence-corrected chi connectivity index (χ2v) is 5.34. The number of benzene rings is 1. The maximum Gasteiger partial charge on any atom is -0.000825 e. The van der Waals surface area contributed by atoms with Gasteiger partial charge in [-0.15, -0.1) is 0 Å². The number of rotatable bonds is 8. The Morgan fingerprint density at radius 1 is 1.17 bits per heavy atom. The van der Waals surface area contributed by atoms with Crippen LogP contribution in [0.4, 0.5) is 0 Å². The van der Waals surface area contributed by atoms with Gasteiger partial charge in [0, 0.05) is 0 Å². The van der Waals surface area contributed by atoms with Crippen LogP contribution in [0.3, 0.4) is 0 Å². The first kappa shape index (κ1) is 15.2. The van der Waals surface area contributed by atoms with E-state index in [0.29, 0.717) is 5.92 Å². The SMILES string of the molecule is Cc1ccc(C(C)C)cc1CCNCCCCN. The molecule has 0 radical (unpaired) electrons. The van der Waals surface area contributed by atoms with Crippen molar-refractivity contribution >= 4 is 0 Å². The highest BCUT2D eigenvalue weighted by molar-refractivity contribution is 5.32. The molecule has 1 aromatic carbocycles. The summed E-state index contributed by atoms with van der Waals surface area (Å²) in [5.74, 6) is 0.613. The minimum Gasteiger partial charge on any atom is -0.330 e. The Morgan fingerprint density at radius 3 is 2.61 bits per heavy atom. The van der Waals surface area contributed by atoms with Gasteiger partial charge in [0.1, 0.15) is 0 Å². The van der Waals surface area contributed by atoms with Crippen molar-refractivity contribution in [2.45, 2.75) is 46.0 Å². The average molecular weight is 248 g/mol. The summed E-state index contributed by atoms with van der Waals surface area (Å²) >= 11 is 0. The quantitative estimate of drug-likeness (QED) is 0.694. The zero-order chi connectivity index (χ0) is 13.4. The molecular weight excluding hydrogens is 220 g/mol. The molecule has 0 amide bonds. The topological polar surface area (TPSA) is 38.0 Å². The zero-order valence-corrected chi connectivity index (χ0v) is 12.1. The van der Waals surface area contributed by atoms with E-state index in [1.54, 1.807) is 0 Å². The van der Waals surface area contributed by atoms with Gasteiger partial charge in [-0.1, -0.05) is 32.0 Å². The van der Waals surface area contributed by atoms with Crippen LogP contribution in [0, 0.1) is 6.92 Å². The lowest BCUT2D eigenvalue weighted by molar-refractivity contribution is 0.626. The van der Waals surface area contributed by atoms with E-state index in [1.165, 1.54) is 23.1 Å². The molecule has 0 saturated heterocycles. The highest BCUT2D eigenvalue weighted by Gasteiger charge is 2.03. The summed E-state index contributed by atoms with van der Waals surface area (Å²) in [6, 6.07) is 6.86. The summed E-state index contributed by atoms with van der Waals surface area (Å²) in [6.45, 7) is 9.65. The van der Waals surface area contributed by atoms with Crippen molar-refractivity contribution < 1.29 is 0 Å². The van der Waals surface area contributed by atoms with Gasteiger partial charge in [-0.2, -0.15) is 0 Å². The molecule has 0 atom stereocenters. The number of nitrogens with two attached hydrogens (primary N) is 1. The van der Waals surface area contributed by atoms with Crippen LogP contribution >= 0.6 is 0 Å². The van der Waals surface area contributed by atoms with E-state index in [0.717, 1.165) is 32.5 Å². The Hall–Kier alpha value is -0.860. The smallest absolute Gasteiger partial charge is 0.000825 e. The molecule has 2 nitrogen and oxygen atoms in total. The van der Waals surface area contributed by atoms with E-state index < -0.39 is 0 Å².